The average molecular weight is 181 g/mol. The van der Waals surface area contributed by atoms with E-state index in [0.717, 1.165) is 12.1 Å². The molecule has 0 fully saturated rings. The van der Waals surface area contributed by atoms with E-state index in [4.69, 9.17) is 0 Å². The SMILES string of the molecule is CNCc1ccc(C(C)(C)F)cc1. The van der Waals surface area contributed by atoms with Crippen LogP contribution in [0.2, 0.25) is 0 Å². The van der Waals surface area contributed by atoms with E-state index in [-0.39, 0.29) is 0 Å². The van der Waals surface area contributed by atoms with Gasteiger partial charge in [-0.3, -0.25) is 0 Å². The quantitative estimate of drug-likeness (QED) is 0.755. The zero-order chi connectivity index (χ0) is 9.90. The van der Waals surface area contributed by atoms with Gasteiger partial charge in [-0.25, -0.2) is 4.39 Å². The Labute approximate surface area is 79.0 Å². The Bertz CT molecular complexity index is 258. The normalized spacial score (nSPS) is 11.7. The minimum absolute atomic E-state index is 0.729. The molecule has 0 aliphatic carbocycles. The van der Waals surface area contributed by atoms with Gasteiger partial charge in [0, 0.05) is 6.54 Å². The maximum absolute atomic E-state index is 13.4. The maximum atomic E-state index is 13.4. The summed E-state index contributed by atoms with van der Waals surface area (Å²) in [5.74, 6) is 0. The minimum Gasteiger partial charge on any atom is -0.316 e. The van der Waals surface area contributed by atoms with Crippen molar-refractivity contribution in [2.75, 3.05) is 7.05 Å². The Hall–Kier alpha value is -0.890. The monoisotopic (exact) mass is 181 g/mol. The van der Waals surface area contributed by atoms with Gasteiger partial charge < -0.3 is 5.32 Å². The van der Waals surface area contributed by atoms with Crippen molar-refractivity contribution in [1.29, 1.82) is 0 Å². The molecule has 0 spiro atoms. The third kappa shape index (κ3) is 2.81. The first-order chi connectivity index (χ1) is 6.04. The fraction of sp³-hybridized carbons (Fsp3) is 0.455. The number of alkyl halides is 1. The second kappa shape index (κ2) is 3.88. The van der Waals surface area contributed by atoms with Gasteiger partial charge in [-0.2, -0.15) is 0 Å². The number of benzene rings is 1. The third-order valence-corrected chi connectivity index (χ3v) is 2.02. The number of nitrogens with one attached hydrogen (secondary N) is 1. The fourth-order valence-electron chi connectivity index (χ4n) is 1.22. The lowest BCUT2D eigenvalue weighted by atomic mass is 9.99. The van der Waals surface area contributed by atoms with E-state index in [0.29, 0.717) is 0 Å². The topological polar surface area (TPSA) is 12.0 Å². The molecule has 0 radical (unpaired) electrons. The van der Waals surface area contributed by atoms with Crippen LogP contribution >= 0.6 is 0 Å². The summed E-state index contributed by atoms with van der Waals surface area (Å²) in [6, 6.07) is 7.58. The standard InChI is InChI=1S/C11H16FN/c1-11(2,12)10-6-4-9(5-7-10)8-13-3/h4-7,13H,8H2,1-3H3. The van der Waals surface area contributed by atoms with Crippen LogP contribution in [0.4, 0.5) is 4.39 Å². The Morgan fingerprint density at radius 3 is 2.15 bits per heavy atom. The number of rotatable bonds is 3. The molecule has 0 saturated carbocycles. The highest BCUT2D eigenvalue weighted by Crippen LogP contribution is 2.24. The van der Waals surface area contributed by atoms with Crippen LogP contribution < -0.4 is 5.32 Å². The van der Waals surface area contributed by atoms with Crippen molar-refractivity contribution in [1.82, 2.24) is 5.32 Å². The fourth-order valence-corrected chi connectivity index (χ4v) is 1.22. The van der Waals surface area contributed by atoms with E-state index in [9.17, 15) is 4.39 Å². The molecular formula is C11H16FN. The van der Waals surface area contributed by atoms with Gasteiger partial charge in [0.05, 0.1) is 0 Å². The minimum atomic E-state index is -1.24. The van der Waals surface area contributed by atoms with Crippen molar-refractivity contribution in [2.45, 2.75) is 26.1 Å². The maximum Gasteiger partial charge on any atom is 0.130 e. The first-order valence-corrected chi connectivity index (χ1v) is 4.47. The predicted molar refractivity (Wildman–Crippen MR) is 53.3 cm³/mol. The molecule has 1 aromatic rings. The van der Waals surface area contributed by atoms with Crippen LogP contribution in [-0.2, 0) is 12.2 Å². The largest absolute Gasteiger partial charge is 0.316 e. The van der Waals surface area contributed by atoms with E-state index in [1.165, 1.54) is 5.56 Å². The van der Waals surface area contributed by atoms with E-state index < -0.39 is 5.67 Å². The highest BCUT2D eigenvalue weighted by atomic mass is 19.1. The van der Waals surface area contributed by atoms with Crippen LogP contribution in [0, 0.1) is 0 Å². The number of halogens is 1. The molecule has 0 aliphatic heterocycles. The predicted octanol–water partition coefficient (Wildman–Crippen LogP) is 2.61. The third-order valence-electron chi connectivity index (χ3n) is 2.02. The molecule has 1 rings (SSSR count). The first kappa shape index (κ1) is 10.2. The molecule has 1 nitrogen and oxygen atoms in total. The Kier molecular flexibility index (Phi) is 3.04. The van der Waals surface area contributed by atoms with Crippen LogP contribution in [0.1, 0.15) is 25.0 Å². The molecule has 1 aromatic carbocycles. The number of hydrogen-bond acceptors (Lipinski definition) is 1. The van der Waals surface area contributed by atoms with E-state index in [1.54, 1.807) is 13.8 Å². The van der Waals surface area contributed by atoms with E-state index >= 15 is 0 Å². The van der Waals surface area contributed by atoms with Gasteiger partial charge in [-0.15, -0.1) is 0 Å². The highest BCUT2D eigenvalue weighted by Gasteiger charge is 2.17. The van der Waals surface area contributed by atoms with Crippen LogP contribution in [0.15, 0.2) is 24.3 Å². The summed E-state index contributed by atoms with van der Waals surface area (Å²) in [4.78, 5) is 0. The van der Waals surface area contributed by atoms with Gasteiger partial charge >= 0.3 is 0 Å². The van der Waals surface area contributed by atoms with Crippen LogP contribution in [0.3, 0.4) is 0 Å². The Balaban J connectivity index is 2.81. The molecule has 72 valence electrons. The van der Waals surface area contributed by atoms with E-state index in [2.05, 4.69) is 5.32 Å². The summed E-state index contributed by atoms with van der Waals surface area (Å²) < 4.78 is 13.4. The molecule has 0 amide bonds. The molecule has 0 aliphatic rings. The molecule has 0 atom stereocenters. The van der Waals surface area contributed by atoms with Gasteiger partial charge in [0.25, 0.3) is 0 Å². The van der Waals surface area contributed by atoms with Crippen LogP contribution in [0.25, 0.3) is 0 Å². The van der Waals surface area contributed by atoms with Crippen molar-refractivity contribution in [3.63, 3.8) is 0 Å². The summed E-state index contributed by atoms with van der Waals surface area (Å²) in [6.45, 7) is 3.97. The van der Waals surface area contributed by atoms with Gasteiger partial charge in [0.15, 0.2) is 0 Å². The van der Waals surface area contributed by atoms with Crippen LogP contribution in [0.5, 0.6) is 0 Å². The second-order valence-corrected chi connectivity index (χ2v) is 3.70. The van der Waals surface area contributed by atoms with E-state index in [1.807, 2.05) is 31.3 Å². The van der Waals surface area contributed by atoms with Crippen molar-refractivity contribution in [2.24, 2.45) is 0 Å². The lowest BCUT2D eigenvalue weighted by molar-refractivity contribution is 0.221. The second-order valence-electron chi connectivity index (χ2n) is 3.70. The lowest BCUT2D eigenvalue weighted by Crippen LogP contribution is -2.10. The lowest BCUT2D eigenvalue weighted by Gasteiger charge is -2.14. The molecule has 2 heteroatoms. The molecule has 0 heterocycles. The van der Waals surface area contributed by atoms with Crippen molar-refractivity contribution < 1.29 is 4.39 Å². The van der Waals surface area contributed by atoms with Crippen LogP contribution in [-0.4, -0.2) is 7.05 Å². The molecule has 0 saturated heterocycles. The summed E-state index contributed by atoms with van der Waals surface area (Å²) in [5, 5.41) is 3.05. The van der Waals surface area contributed by atoms with Gasteiger partial charge in [-0.05, 0) is 32.0 Å². The zero-order valence-corrected chi connectivity index (χ0v) is 8.39. The first-order valence-electron chi connectivity index (χ1n) is 4.47. The summed E-state index contributed by atoms with van der Waals surface area (Å²) in [6.07, 6.45) is 0. The molecule has 0 unspecified atom stereocenters. The Morgan fingerprint density at radius 1 is 1.23 bits per heavy atom. The molecule has 0 aromatic heterocycles. The molecule has 1 N–H and O–H groups in total. The number of hydrogen-bond donors (Lipinski definition) is 1. The summed E-state index contributed by atoms with van der Waals surface area (Å²) >= 11 is 0. The van der Waals surface area contributed by atoms with Gasteiger partial charge in [-0.1, -0.05) is 24.3 Å². The zero-order valence-electron chi connectivity index (χ0n) is 8.39. The Morgan fingerprint density at radius 2 is 1.77 bits per heavy atom. The summed E-state index contributed by atoms with van der Waals surface area (Å²) in [7, 11) is 1.90. The van der Waals surface area contributed by atoms with Gasteiger partial charge in [0.1, 0.15) is 5.67 Å². The van der Waals surface area contributed by atoms with Crippen molar-refractivity contribution in [3.05, 3.63) is 35.4 Å². The summed E-state index contributed by atoms with van der Waals surface area (Å²) in [5.41, 5.74) is 0.667. The van der Waals surface area contributed by atoms with Crippen molar-refractivity contribution >= 4 is 0 Å². The molecular weight excluding hydrogens is 165 g/mol. The highest BCUT2D eigenvalue weighted by molar-refractivity contribution is 5.26. The molecule has 13 heavy (non-hydrogen) atoms. The van der Waals surface area contributed by atoms with Crippen molar-refractivity contribution in [3.8, 4) is 0 Å². The molecule has 0 bridgehead atoms. The average Bonchev–Trinajstić information content (AvgIpc) is 2.04. The van der Waals surface area contributed by atoms with Gasteiger partial charge in [0.2, 0.25) is 0 Å². The smallest absolute Gasteiger partial charge is 0.130 e.